The maximum Gasteiger partial charge on any atom is 0.187 e. The molecule has 47 heavy (non-hydrogen) atoms. The van der Waals surface area contributed by atoms with Crippen LogP contribution < -0.4 is 0 Å². The molecule has 0 N–H and O–H groups in total. The molecule has 4 nitrogen and oxygen atoms in total. The van der Waals surface area contributed by atoms with Gasteiger partial charge in [-0.1, -0.05) is 126 Å². The Kier molecular flexibility index (Phi) is 14.2. The van der Waals surface area contributed by atoms with E-state index >= 15 is 0 Å². The van der Waals surface area contributed by atoms with Gasteiger partial charge in [0.15, 0.2) is 20.3 Å². The summed E-state index contributed by atoms with van der Waals surface area (Å²) in [5.41, 5.74) is 7.95. The van der Waals surface area contributed by atoms with Gasteiger partial charge in [0.2, 0.25) is 0 Å². The summed E-state index contributed by atoms with van der Waals surface area (Å²) in [4.78, 5) is 15.7. The second-order valence-electron chi connectivity index (χ2n) is 9.82. The Bertz CT molecular complexity index is 2050. The van der Waals surface area contributed by atoms with Crippen LogP contribution in [0.1, 0.15) is 29.0 Å². The molecule has 0 radical (unpaired) electrons. The monoisotopic (exact) mass is 708 g/mol. The van der Waals surface area contributed by atoms with E-state index in [0.29, 0.717) is 11.4 Å². The Labute approximate surface area is 293 Å². The second kappa shape index (κ2) is 19.3. The van der Waals surface area contributed by atoms with Gasteiger partial charge < -0.3 is 0 Å². The fraction of sp³-hybridized carbons (Fsp3) is 0.100. The Morgan fingerprint density at radius 2 is 1.19 bits per heavy atom. The van der Waals surface area contributed by atoms with E-state index in [2.05, 4.69) is 77.6 Å². The Hall–Kier alpha value is -5.28. The van der Waals surface area contributed by atoms with Crippen molar-refractivity contribution in [1.29, 1.82) is 0 Å². The van der Waals surface area contributed by atoms with Gasteiger partial charge in [-0.3, -0.25) is 0 Å². The topological polar surface area (TPSA) is 34.5 Å². The van der Waals surface area contributed by atoms with Crippen molar-refractivity contribution in [2.75, 3.05) is 0 Å². The van der Waals surface area contributed by atoms with Crippen molar-refractivity contribution in [3.8, 4) is 46.7 Å². The van der Waals surface area contributed by atoms with E-state index in [-0.39, 0.29) is 0 Å². The molecule has 7 heteroatoms. The minimum absolute atomic E-state index is 0.683. The molecule has 4 aromatic carbocycles. The average molecular weight is 710 g/mol. The lowest BCUT2D eigenvalue weighted by Crippen LogP contribution is -1.82. The zero-order valence-electron chi connectivity index (χ0n) is 25.4. The van der Waals surface area contributed by atoms with Gasteiger partial charge in [0.25, 0.3) is 0 Å². The Morgan fingerprint density at radius 3 is 1.70 bits per heavy atom. The first kappa shape index (κ1) is 34.6. The number of rotatable bonds is 6. The molecular weight excluding hydrogens is 681 g/mol. The maximum atomic E-state index is 7.03. The van der Waals surface area contributed by atoms with Crippen molar-refractivity contribution in [2.45, 2.75) is 25.7 Å². The van der Waals surface area contributed by atoms with Crippen molar-refractivity contribution in [2.24, 2.45) is 0 Å². The Balaban J connectivity index is 0.000000176. The third-order valence-electron chi connectivity index (χ3n) is 6.49. The number of halogens is 1. The molecule has 0 saturated carbocycles. The molecule has 0 saturated heterocycles. The molecule has 0 atom stereocenters. The van der Waals surface area contributed by atoms with E-state index in [1.54, 1.807) is 28.7 Å². The van der Waals surface area contributed by atoms with Crippen LogP contribution in [0.15, 0.2) is 124 Å². The fourth-order valence-corrected chi connectivity index (χ4v) is 5.90. The molecule has 0 aliphatic heterocycles. The van der Waals surface area contributed by atoms with Crippen LogP contribution in [-0.4, -0.2) is 9.97 Å². The molecule has 0 fully saturated rings. The molecule has 6 rings (SSSR count). The molecule has 0 amide bonds. The quantitative estimate of drug-likeness (QED) is 0.127. The van der Waals surface area contributed by atoms with Crippen molar-refractivity contribution >= 4 is 50.0 Å². The van der Waals surface area contributed by atoms with Crippen molar-refractivity contribution in [3.63, 3.8) is 0 Å². The van der Waals surface area contributed by atoms with Crippen LogP contribution in [0.25, 0.3) is 32.2 Å². The van der Waals surface area contributed by atoms with Gasteiger partial charge in [-0.25, -0.2) is 19.7 Å². The molecule has 0 aliphatic carbocycles. The van der Waals surface area contributed by atoms with E-state index in [1.165, 1.54) is 5.56 Å². The Morgan fingerprint density at radius 1 is 0.660 bits per heavy atom. The molecule has 228 valence electrons. The van der Waals surface area contributed by atoms with Crippen LogP contribution in [0.2, 0.25) is 0 Å². The van der Waals surface area contributed by atoms with Crippen molar-refractivity contribution in [3.05, 3.63) is 163 Å². The van der Waals surface area contributed by atoms with Gasteiger partial charge in [0.1, 0.15) is 0 Å². The number of thiazole rings is 2. The smallest absolute Gasteiger partial charge is 0.187 e. The van der Waals surface area contributed by atoms with Gasteiger partial charge >= 0.3 is 0 Å². The third-order valence-corrected chi connectivity index (χ3v) is 8.61. The number of nitrogens with zero attached hydrogens (tertiary/aromatic N) is 4. The van der Waals surface area contributed by atoms with Gasteiger partial charge in [0.05, 0.1) is 24.5 Å². The third kappa shape index (κ3) is 11.9. The second-order valence-corrected chi connectivity index (χ2v) is 12.8. The number of aromatic nitrogens is 2. The summed E-state index contributed by atoms with van der Waals surface area (Å²) in [6, 6.07) is 35.5. The maximum absolute atomic E-state index is 7.03. The molecular formula is C40H29BrN4S2. The van der Waals surface area contributed by atoms with Gasteiger partial charge in [-0.05, 0) is 34.7 Å². The highest BCUT2D eigenvalue weighted by Gasteiger charge is 2.02. The molecule has 0 unspecified atom stereocenters. The van der Waals surface area contributed by atoms with E-state index < -0.39 is 0 Å². The van der Waals surface area contributed by atoms with Gasteiger partial charge in [-0.2, -0.15) is 0 Å². The highest BCUT2D eigenvalue weighted by molar-refractivity contribution is 9.11. The first-order valence-electron chi connectivity index (χ1n) is 14.6. The SMILES string of the molecule is Brc1nc(-c2ccccc2)cs1.[C-]#[N+]c1cccc(CCC#C)c1.[C-]#[N+]c1cccc(CCC#Cc2nc(-c3ccccc3)cs2)c1. The summed E-state index contributed by atoms with van der Waals surface area (Å²) in [7, 11) is 0. The lowest BCUT2D eigenvalue weighted by atomic mass is 10.1. The first-order valence-corrected chi connectivity index (χ1v) is 17.2. The standard InChI is InChI=1S/C20H14N2S.C11H9N.C9H6BrNS/c1-21-18-12-7-9-16(14-18)8-5-6-13-20-22-19(15-23-20)17-10-3-2-4-11-17;1-3-4-6-10-7-5-8-11(9-10)12-2;10-9-11-8(6-12-9)7-4-2-1-3-5-7/h2-4,7,9-12,14-15H,5,8H2;1,5,7-9H,4,6H2;1-6H. The molecule has 6 aromatic rings. The predicted molar refractivity (Wildman–Crippen MR) is 201 cm³/mol. The normalized spacial score (nSPS) is 9.49. The summed E-state index contributed by atoms with van der Waals surface area (Å²) in [5, 5.41) is 4.93. The summed E-state index contributed by atoms with van der Waals surface area (Å²) in [6.07, 6.45) is 8.35. The van der Waals surface area contributed by atoms with E-state index in [1.807, 2.05) is 89.6 Å². The summed E-state index contributed by atoms with van der Waals surface area (Å²) < 4.78 is 0.932. The molecule has 0 bridgehead atoms. The number of terminal acetylenes is 1. The first-order chi connectivity index (χ1) is 23.1. The highest BCUT2D eigenvalue weighted by atomic mass is 79.9. The zero-order valence-corrected chi connectivity index (χ0v) is 28.7. The van der Waals surface area contributed by atoms with Crippen LogP contribution in [0.4, 0.5) is 11.4 Å². The summed E-state index contributed by atoms with van der Waals surface area (Å²) in [5.74, 6) is 8.88. The van der Waals surface area contributed by atoms with E-state index in [0.717, 1.165) is 62.7 Å². The van der Waals surface area contributed by atoms with Crippen LogP contribution in [0.5, 0.6) is 0 Å². The fourth-order valence-electron chi connectivity index (χ4n) is 4.19. The molecule has 2 aromatic heterocycles. The summed E-state index contributed by atoms with van der Waals surface area (Å²) >= 11 is 6.51. The van der Waals surface area contributed by atoms with Crippen molar-refractivity contribution < 1.29 is 0 Å². The van der Waals surface area contributed by atoms with Crippen LogP contribution in [0, 0.1) is 37.3 Å². The number of benzene rings is 4. The minimum atomic E-state index is 0.683. The number of hydrogen-bond donors (Lipinski definition) is 0. The highest BCUT2D eigenvalue weighted by Crippen LogP contribution is 2.24. The number of hydrogen-bond acceptors (Lipinski definition) is 4. The van der Waals surface area contributed by atoms with Crippen LogP contribution in [-0.2, 0) is 12.8 Å². The number of aryl methyl sites for hydroxylation is 2. The molecule has 0 spiro atoms. The molecule has 0 aliphatic rings. The van der Waals surface area contributed by atoms with Crippen LogP contribution >= 0.6 is 38.6 Å². The van der Waals surface area contributed by atoms with Gasteiger partial charge in [-0.15, -0.1) is 35.0 Å². The van der Waals surface area contributed by atoms with Crippen molar-refractivity contribution in [1.82, 2.24) is 9.97 Å². The lowest BCUT2D eigenvalue weighted by molar-refractivity contribution is 1.03. The van der Waals surface area contributed by atoms with Gasteiger partial charge in [0, 0.05) is 34.7 Å². The zero-order chi connectivity index (χ0) is 33.1. The lowest BCUT2D eigenvalue weighted by Gasteiger charge is -1.97. The van der Waals surface area contributed by atoms with Crippen LogP contribution in [0.3, 0.4) is 0 Å². The minimum Gasteiger partial charge on any atom is -0.238 e. The molecule has 2 heterocycles. The summed E-state index contributed by atoms with van der Waals surface area (Å²) in [6.45, 7) is 13.8. The van der Waals surface area contributed by atoms with E-state index in [9.17, 15) is 0 Å². The largest absolute Gasteiger partial charge is 0.238 e. The predicted octanol–water partition coefficient (Wildman–Crippen LogP) is 11.7. The van der Waals surface area contributed by atoms with E-state index in [4.69, 9.17) is 19.6 Å². The average Bonchev–Trinajstić information content (AvgIpc) is 3.80.